The fourth-order valence-electron chi connectivity index (χ4n) is 3.49. The molecule has 0 atom stereocenters. The molecular weight excluding hydrogens is 386 g/mol. The van der Waals surface area contributed by atoms with E-state index in [1.54, 1.807) is 41.0 Å². The summed E-state index contributed by atoms with van der Waals surface area (Å²) in [5.41, 5.74) is 1.79. The standard InChI is InChI=1S/C22H21N3O5/c1-15-13-17(16-5-2-3-6-18(16)23-15)22(28)30-14-20(26)24-8-10-25(11-9-24)21(27)19-7-4-12-29-19/h2-7,12-13H,8-11,14H2,1H3. The van der Waals surface area contributed by atoms with Gasteiger partial charge in [-0.1, -0.05) is 18.2 Å². The largest absolute Gasteiger partial charge is 0.459 e. The summed E-state index contributed by atoms with van der Waals surface area (Å²) in [7, 11) is 0. The Morgan fingerprint density at radius 2 is 1.77 bits per heavy atom. The molecule has 1 fully saturated rings. The van der Waals surface area contributed by atoms with Crippen LogP contribution in [0.25, 0.3) is 10.9 Å². The van der Waals surface area contributed by atoms with Crippen molar-refractivity contribution in [2.24, 2.45) is 0 Å². The van der Waals surface area contributed by atoms with Crippen LogP contribution in [0.1, 0.15) is 26.6 Å². The van der Waals surface area contributed by atoms with E-state index in [2.05, 4.69) is 4.98 Å². The van der Waals surface area contributed by atoms with Gasteiger partial charge in [0.2, 0.25) is 0 Å². The van der Waals surface area contributed by atoms with E-state index in [1.807, 2.05) is 18.2 Å². The molecule has 8 heteroatoms. The maximum absolute atomic E-state index is 12.6. The number of hydrogen-bond acceptors (Lipinski definition) is 6. The van der Waals surface area contributed by atoms with Gasteiger partial charge in [-0.25, -0.2) is 4.79 Å². The highest BCUT2D eigenvalue weighted by Crippen LogP contribution is 2.19. The van der Waals surface area contributed by atoms with E-state index in [0.29, 0.717) is 48.3 Å². The topological polar surface area (TPSA) is 93.0 Å². The zero-order valence-corrected chi connectivity index (χ0v) is 16.5. The number of para-hydroxylation sites is 1. The maximum Gasteiger partial charge on any atom is 0.339 e. The second-order valence-electron chi connectivity index (χ2n) is 7.05. The van der Waals surface area contributed by atoms with Gasteiger partial charge >= 0.3 is 5.97 Å². The lowest BCUT2D eigenvalue weighted by atomic mass is 10.1. The zero-order chi connectivity index (χ0) is 21.1. The molecule has 8 nitrogen and oxygen atoms in total. The summed E-state index contributed by atoms with van der Waals surface area (Å²) in [4.78, 5) is 45.0. The minimum absolute atomic E-state index is 0.196. The van der Waals surface area contributed by atoms with Crippen LogP contribution in [0.15, 0.2) is 53.1 Å². The Kier molecular flexibility index (Phi) is 5.47. The molecule has 2 amide bonds. The van der Waals surface area contributed by atoms with Crippen LogP contribution in [-0.2, 0) is 9.53 Å². The van der Waals surface area contributed by atoms with Crippen LogP contribution in [0.5, 0.6) is 0 Å². The molecule has 0 spiro atoms. The number of furan rings is 1. The molecule has 3 heterocycles. The highest BCUT2D eigenvalue weighted by Gasteiger charge is 2.26. The Balaban J connectivity index is 1.33. The molecule has 2 aromatic heterocycles. The summed E-state index contributed by atoms with van der Waals surface area (Å²) in [6.45, 7) is 3.00. The van der Waals surface area contributed by atoms with E-state index in [-0.39, 0.29) is 24.2 Å². The quantitative estimate of drug-likeness (QED) is 0.616. The lowest BCUT2D eigenvalue weighted by Crippen LogP contribution is -2.51. The molecular formula is C22H21N3O5. The van der Waals surface area contributed by atoms with Crippen LogP contribution in [0.4, 0.5) is 0 Å². The fourth-order valence-corrected chi connectivity index (χ4v) is 3.49. The van der Waals surface area contributed by atoms with Crippen LogP contribution >= 0.6 is 0 Å². The first-order valence-corrected chi connectivity index (χ1v) is 9.67. The van der Waals surface area contributed by atoms with Crippen molar-refractivity contribution in [3.63, 3.8) is 0 Å². The summed E-state index contributed by atoms with van der Waals surface area (Å²) < 4.78 is 10.4. The molecule has 1 aliphatic rings. The molecule has 0 radical (unpaired) electrons. The first-order valence-electron chi connectivity index (χ1n) is 9.67. The normalized spacial score (nSPS) is 14.0. The first kappa shape index (κ1) is 19.6. The Labute approximate surface area is 173 Å². The molecule has 0 N–H and O–H groups in total. The summed E-state index contributed by atoms with van der Waals surface area (Å²) >= 11 is 0. The maximum atomic E-state index is 12.6. The van der Waals surface area contributed by atoms with Gasteiger partial charge in [-0.3, -0.25) is 14.6 Å². The molecule has 30 heavy (non-hydrogen) atoms. The van der Waals surface area contributed by atoms with Gasteiger partial charge in [-0.15, -0.1) is 0 Å². The molecule has 4 rings (SSSR count). The Hall–Kier alpha value is -3.68. The van der Waals surface area contributed by atoms with Crippen molar-refractivity contribution in [3.8, 4) is 0 Å². The third-order valence-electron chi connectivity index (χ3n) is 5.04. The number of carbonyl (C=O) groups excluding carboxylic acids is 3. The molecule has 1 aliphatic heterocycles. The van der Waals surface area contributed by atoms with Gasteiger partial charge in [0.15, 0.2) is 12.4 Å². The molecule has 1 aromatic carbocycles. The third kappa shape index (κ3) is 4.03. The van der Waals surface area contributed by atoms with Gasteiger partial charge in [0.05, 0.1) is 17.3 Å². The van der Waals surface area contributed by atoms with Crippen LogP contribution in [-0.4, -0.2) is 65.4 Å². The van der Waals surface area contributed by atoms with Crippen molar-refractivity contribution in [1.82, 2.24) is 14.8 Å². The monoisotopic (exact) mass is 407 g/mol. The van der Waals surface area contributed by atoms with Gasteiger partial charge in [-0.05, 0) is 31.2 Å². The molecule has 0 aliphatic carbocycles. The lowest BCUT2D eigenvalue weighted by Gasteiger charge is -2.34. The Morgan fingerprint density at radius 1 is 1.03 bits per heavy atom. The number of pyridine rings is 1. The summed E-state index contributed by atoms with van der Waals surface area (Å²) in [5, 5.41) is 0.686. The number of aromatic nitrogens is 1. The number of rotatable bonds is 4. The zero-order valence-electron chi connectivity index (χ0n) is 16.5. The van der Waals surface area contributed by atoms with E-state index < -0.39 is 5.97 Å². The number of ether oxygens (including phenoxy) is 1. The van der Waals surface area contributed by atoms with E-state index in [4.69, 9.17) is 9.15 Å². The van der Waals surface area contributed by atoms with Crippen molar-refractivity contribution in [2.75, 3.05) is 32.8 Å². The van der Waals surface area contributed by atoms with E-state index in [1.165, 1.54) is 6.26 Å². The molecule has 1 saturated heterocycles. The smallest absolute Gasteiger partial charge is 0.339 e. The first-order chi connectivity index (χ1) is 14.5. The van der Waals surface area contributed by atoms with Gasteiger partial charge < -0.3 is 19.0 Å². The fraction of sp³-hybridized carbons (Fsp3) is 0.273. The van der Waals surface area contributed by atoms with Gasteiger partial charge in [0, 0.05) is 37.3 Å². The number of aryl methyl sites for hydroxylation is 1. The molecule has 3 aromatic rings. The van der Waals surface area contributed by atoms with Crippen molar-refractivity contribution >= 4 is 28.7 Å². The van der Waals surface area contributed by atoms with E-state index in [9.17, 15) is 14.4 Å². The summed E-state index contributed by atoms with van der Waals surface area (Å²) in [6.07, 6.45) is 1.45. The number of fused-ring (bicyclic) bond motifs is 1. The van der Waals surface area contributed by atoms with Crippen molar-refractivity contribution < 1.29 is 23.5 Å². The number of piperazine rings is 1. The molecule has 0 saturated carbocycles. The van der Waals surface area contributed by atoms with Crippen LogP contribution in [0.3, 0.4) is 0 Å². The minimum atomic E-state index is -0.559. The number of esters is 1. The number of amides is 2. The highest BCUT2D eigenvalue weighted by atomic mass is 16.5. The van der Waals surface area contributed by atoms with E-state index in [0.717, 1.165) is 0 Å². The Bertz CT molecular complexity index is 1090. The van der Waals surface area contributed by atoms with Crippen molar-refractivity contribution in [3.05, 3.63) is 65.7 Å². The number of nitrogens with zero attached hydrogens (tertiary/aromatic N) is 3. The van der Waals surface area contributed by atoms with E-state index >= 15 is 0 Å². The lowest BCUT2D eigenvalue weighted by molar-refractivity contribution is -0.136. The van der Waals surface area contributed by atoms with Gasteiger partial charge in [0.1, 0.15) is 0 Å². The van der Waals surface area contributed by atoms with Crippen molar-refractivity contribution in [1.29, 1.82) is 0 Å². The van der Waals surface area contributed by atoms with Crippen LogP contribution in [0.2, 0.25) is 0 Å². The molecule has 0 bridgehead atoms. The van der Waals surface area contributed by atoms with Crippen LogP contribution < -0.4 is 0 Å². The SMILES string of the molecule is Cc1cc(C(=O)OCC(=O)N2CCN(C(=O)c3ccco3)CC2)c2ccccc2n1. The average Bonchev–Trinajstić information content (AvgIpc) is 3.31. The highest BCUT2D eigenvalue weighted by molar-refractivity contribution is 6.04. The second kappa shape index (κ2) is 8.36. The molecule has 0 unspecified atom stereocenters. The number of hydrogen-bond donors (Lipinski definition) is 0. The van der Waals surface area contributed by atoms with Gasteiger partial charge in [-0.2, -0.15) is 0 Å². The average molecular weight is 407 g/mol. The predicted molar refractivity (Wildman–Crippen MR) is 108 cm³/mol. The van der Waals surface area contributed by atoms with Crippen LogP contribution in [0, 0.1) is 6.92 Å². The summed E-state index contributed by atoms with van der Waals surface area (Å²) in [5.74, 6) is -0.762. The number of carbonyl (C=O) groups is 3. The Morgan fingerprint density at radius 3 is 2.50 bits per heavy atom. The van der Waals surface area contributed by atoms with Gasteiger partial charge in [0.25, 0.3) is 11.8 Å². The predicted octanol–water partition coefficient (Wildman–Crippen LogP) is 2.28. The summed E-state index contributed by atoms with van der Waals surface area (Å²) in [6, 6.07) is 12.2. The second-order valence-corrected chi connectivity index (χ2v) is 7.05. The van der Waals surface area contributed by atoms with Crippen molar-refractivity contribution in [2.45, 2.75) is 6.92 Å². The minimum Gasteiger partial charge on any atom is -0.459 e. The molecule has 154 valence electrons. The third-order valence-corrected chi connectivity index (χ3v) is 5.04. The number of benzene rings is 1.